The smallest absolute Gasteiger partial charge is 0.0541 e. The lowest BCUT2D eigenvalue weighted by molar-refractivity contribution is 1.18. The molecule has 0 bridgehead atoms. The summed E-state index contributed by atoms with van der Waals surface area (Å²) in [6, 6.07) is 137. The van der Waals surface area contributed by atoms with E-state index in [1.165, 1.54) is 181 Å². The van der Waals surface area contributed by atoms with Gasteiger partial charge in [-0.15, -0.1) is 0 Å². The summed E-state index contributed by atoms with van der Waals surface area (Å²) >= 11 is 0. The number of rotatable bonds is 8. The Morgan fingerprint density at radius 1 is 0.133 bits per heavy atom. The minimum absolute atomic E-state index is 1.16. The van der Waals surface area contributed by atoms with Gasteiger partial charge in [-0.2, -0.15) is 0 Å². The van der Waals surface area contributed by atoms with E-state index in [0.29, 0.717) is 0 Å². The van der Waals surface area contributed by atoms with E-state index in [1.54, 1.807) is 0 Å². The zero-order valence-electron chi connectivity index (χ0n) is 53.7. The molecule has 0 aliphatic rings. The monoisotopic (exact) mass is 1240 g/mol. The minimum Gasteiger partial charge on any atom is -0.309 e. The van der Waals surface area contributed by atoms with Crippen LogP contribution in [0.2, 0.25) is 0 Å². The number of para-hydroxylation sites is 4. The molecule has 20 aromatic rings. The molecule has 20 rings (SSSR count). The second kappa shape index (κ2) is 23.5. The molecular formula is C96H62N2. The molecule has 18 aromatic carbocycles. The second-order valence-corrected chi connectivity index (χ2v) is 25.8. The molecule has 0 aliphatic heterocycles. The first-order valence-electron chi connectivity index (χ1n) is 33.9. The van der Waals surface area contributed by atoms with Crippen LogP contribution in [-0.4, -0.2) is 9.13 Å². The van der Waals surface area contributed by atoms with Gasteiger partial charge in [0.05, 0.1) is 22.1 Å². The highest BCUT2D eigenvalue weighted by Crippen LogP contribution is 2.48. The van der Waals surface area contributed by atoms with Crippen LogP contribution in [0, 0.1) is 0 Å². The second-order valence-electron chi connectivity index (χ2n) is 25.8. The van der Waals surface area contributed by atoms with Gasteiger partial charge in [-0.25, -0.2) is 0 Å². The molecule has 2 heteroatoms. The van der Waals surface area contributed by atoms with Gasteiger partial charge in [0.2, 0.25) is 0 Å². The summed E-state index contributed by atoms with van der Waals surface area (Å²) in [4.78, 5) is 0. The molecule has 2 aromatic heterocycles. The van der Waals surface area contributed by atoms with Gasteiger partial charge in [0.1, 0.15) is 0 Å². The van der Waals surface area contributed by atoms with Crippen LogP contribution in [0.5, 0.6) is 0 Å². The largest absolute Gasteiger partial charge is 0.309 e. The molecule has 2 nitrogen and oxygen atoms in total. The molecule has 0 spiro atoms. The highest BCUT2D eigenvalue weighted by Gasteiger charge is 2.21. The van der Waals surface area contributed by atoms with E-state index in [9.17, 15) is 0 Å². The zero-order valence-corrected chi connectivity index (χ0v) is 53.7. The fourth-order valence-electron chi connectivity index (χ4n) is 15.9. The lowest BCUT2D eigenvalue weighted by Gasteiger charge is -2.19. The Labute approximate surface area is 568 Å². The van der Waals surface area contributed by atoms with E-state index in [4.69, 9.17) is 0 Å². The molecule has 0 unspecified atom stereocenters. The Kier molecular flexibility index (Phi) is 13.6. The number of nitrogens with zero attached hydrogens (tertiary/aromatic N) is 2. The zero-order chi connectivity index (χ0) is 64.6. The molecule has 0 amide bonds. The van der Waals surface area contributed by atoms with Gasteiger partial charge >= 0.3 is 0 Å². The molecule has 0 saturated heterocycles. The summed E-state index contributed by atoms with van der Waals surface area (Å²) < 4.78 is 4.76. The number of benzene rings is 18. The first-order chi connectivity index (χ1) is 48.6. The van der Waals surface area contributed by atoms with Crippen molar-refractivity contribution in [3.63, 3.8) is 0 Å². The fraction of sp³-hybridized carbons (Fsp3) is 0. The van der Waals surface area contributed by atoms with Gasteiger partial charge in [0, 0.05) is 32.9 Å². The van der Waals surface area contributed by atoms with E-state index in [2.05, 4.69) is 385 Å². The molecule has 456 valence electrons. The SMILES string of the molecule is c1ccc(-c2c3ccccc3c(-c3ccc(-c4ccc(-n5c6ccccc6c6ccccc65)cc4)cc3)c3ccccc23)cc1.c1ccc(-c2ccc3c(-c4ccc5ccc6ccccc6c5c4)c4ccccc4c(-c4ccc(-n5c6ccccc6c6ccccc65)cc4)c3c2)cc1. The predicted molar refractivity (Wildman–Crippen MR) is 419 cm³/mol. The van der Waals surface area contributed by atoms with Crippen LogP contribution in [0.25, 0.3) is 186 Å². The van der Waals surface area contributed by atoms with Crippen LogP contribution in [0.15, 0.2) is 376 Å². The Hall–Kier alpha value is -12.9. The third-order valence-electron chi connectivity index (χ3n) is 20.4. The van der Waals surface area contributed by atoms with Crippen molar-refractivity contribution in [2.75, 3.05) is 0 Å². The van der Waals surface area contributed by atoms with Crippen LogP contribution < -0.4 is 0 Å². The van der Waals surface area contributed by atoms with Crippen LogP contribution in [0.3, 0.4) is 0 Å². The topological polar surface area (TPSA) is 9.86 Å². The van der Waals surface area contributed by atoms with Gasteiger partial charge in [-0.05, 0) is 192 Å². The number of hydrogen-bond donors (Lipinski definition) is 0. The Balaban J connectivity index is 0.000000139. The van der Waals surface area contributed by atoms with E-state index < -0.39 is 0 Å². The average molecular weight is 1240 g/mol. The Bertz CT molecular complexity index is 6330. The van der Waals surface area contributed by atoms with E-state index in [-0.39, 0.29) is 0 Å². The van der Waals surface area contributed by atoms with Crippen molar-refractivity contribution in [2.24, 2.45) is 0 Å². The fourth-order valence-corrected chi connectivity index (χ4v) is 15.9. The summed E-state index contributed by atoms with van der Waals surface area (Å²) in [6.45, 7) is 0. The minimum atomic E-state index is 1.16. The van der Waals surface area contributed by atoms with Crippen LogP contribution in [0.1, 0.15) is 0 Å². The molecule has 0 N–H and O–H groups in total. The third-order valence-corrected chi connectivity index (χ3v) is 20.4. The van der Waals surface area contributed by atoms with Crippen molar-refractivity contribution in [2.45, 2.75) is 0 Å². The van der Waals surface area contributed by atoms with E-state index >= 15 is 0 Å². The third kappa shape index (κ3) is 9.41. The van der Waals surface area contributed by atoms with Gasteiger partial charge in [0.15, 0.2) is 0 Å². The van der Waals surface area contributed by atoms with Crippen molar-refractivity contribution in [3.05, 3.63) is 376 Å². The van der Waals surface area contributed by atoms with Crippen LogP contribution >= 0.6 is 0 Å². The standard InChI is InChI=1S/C52H33N.C44H29N/c1-2-12-34(13-3-1)38-28-31-46-48(32-38)51(37-26-29-40(30-27-37)53-49-20-10-8-16-42(49)43-17-9-11-21-50(43)53)44-18-6-7-19-45(44)52(46)39-25-24-36-23-22-35-14-4-5-15-41(35)47(36)33-39;1-2-12-32(13-3-1)43-37-16-4-6-18-39(37)44(40-19-7-5-17-38(40)43)33-24-22-30(23-25-33)31-26-28-34(29-27-31)45-41-20-10-8-14-35(41)36-15-9-11-21-42(36)45/h1-33H;1-29H. The molecular weight excluding hydrogens is 1180 g/mol. The van der Waals surface area contributed by atoms with Crippen molar-refractivity contribution in [1.82, 2.24) is 9.13 Å². The molecule has 0 saturated carbocycles. The van der Waals surface area contributed by atoms with Crippen molar-refractivity contribution >= 4 is 108 Å². The van der Waals surface area contributed by atoms with E-state index in [1.807, 2.05) is 0 Å². The molecule has 0 fully saturated rings. The quantitative estimate of drug-likeness (QED) is 0.106. The summed E-state index contributed by atoms with van der Waals surface area (Å²) in [5, 5.41) is 20.3. The van der Waals surface area contributed by atoms with Crippen LogP contribution in [-0.2, 0) is 0 Å². The highest BCUT2D eigenvalue weighted by atomic mass is 15.0. The summed E-state index contributed by atoms with van der Waals surface area (Å²) in [6.07, 6.45) is 0. The highest BCUT2D eigenvalue weighted by molar-refractivity contribution is 6.24. The number of hydrogen-bond acceptors (Lipinski definition) is 0. The van der Waals surface area contributed by atoms with Crippen molar-refractivity contribution in [1.29, 1.82) is 0 Å². The summed E-state index contributed by atoms with van der Waals surface area (Å²) in [5.41, 5.74) is 22.1. The van der Waals surface area contributed by atoms with Gasteiger partial charge < -0.3 is 9.13 Å². The molecule has 2 heterocycles. The first kappa shape index (κ1) is 56.6. The maximum absolute atomic E-state index is 2.41. The van der Waals surface area contributed by atoms with Gasteiger partial charge in [0.25, 0.3) is 0 Å². The van der Waals surface area contributed by atoms with Crippen molar-refractivity contribution < 1.29 is 0 Å². The lowest BCUT2D eigenvalue weighted by atomic mass is 9.84. The average Bonchev–Trinajstić information content (AvgIpc) is 1.02. The summed E-state index contributed by atoms with van der Waals surface area (Å²) in [7, 11) is 0. The Morgan fingerprint density at radius 3 is 0.837 bits per heavy atom. The van der Waals surface area contributed by atoms with Gasteiger partial charge in [-0.3, -0.25) is 0 Å². The molecule has 0 atom stereocenters. The predicted octanol–water partition coefficient (Wildman–Crippen LogP) is 26.5. The van der Waals surface area contributed by atoms with Crippen LogP contribution in [0.4, 0.5) is 0 Å². The van der Waals surface area contributed by atoms with Gasteiger partial charge in [-0.1, -0.05) is 315 Å². The summed E-state index contributed by atoms with van der Waals surface area (Å²) in [5.74, 6) is 0. The Morgan fingerprint density at radius 2 is 0.388 bits per heavy atom. The molecule has 0 radical (unpaired) electrons. The maximum atomic E-state index is 2.41. The number of fused-ring (bicyclic) bond motifs is 13. The lowest BCUT2D eigenvalue weighted by Crippen LogP contribution is -1.95. The van der Waals surface area contributed by atoms with E-state index in [0.717, 1.165) is 5.69 Å². The molecule has 0 aliphatic carbocycles. The normalized spacial score (nSPS) is 11.7. The first-order valence-corrected chi connectivity index (χ1v) is 33.9. The number of aromatic nitrogens is 2. The molecule has 98 heavy (non-hydrogen) atoms. The van der Waals surface area contributed by atoms with Crippen molar-refractivity contribution in [3.8, 4) is 78.1 Å². The maximum Gasteiger partial charge on any atom is 0.0541 e.